The Morgan fingerprint density at radius 2 is 1.84 bits per heavy atom. The molecule has 0 unspecified atom stereocenters. The summed E-state index contributed by atoms with van der Waals surface area (Å²) in [5.41, 5.74) is 1.13. The molecule has 0 aliphatic heterocycles. The molecule has 0 bridgehead atoms. The van der Waals surface area contributed by atoms with E-state index in [1.165, 1.54) is 24.3 Å². The third-order valence-corrected chi connectivity index (χ3v) is 5.95. The molecule has 1 amide bonds. The second kappa shape index (κ2) is 8.07. The molecule has 2 aromatic heterocycles. The average molecular weight is 440 g/mol. The van der Waals surface area contributed by atoms with Crippen molar-refractivity contribution in [3.63, 3.8) is 0 Å². The number of hydrogen-bond acceptors (Lipinski definition) is 4. The van der Waals surface area contributed by atoms with Gasteiger partial charge in [0.2, 0.25) is 0 Å². The SMILES string of the molecule is O=C(NCc1ccc2c(=O)cc[nH]c2c1)c1cc(S(=O)(=O)Nc2ccccc2F)c[nH]1. The normalized spacial score (nSPS) is 11.4. The number of carbonyl (C=O) groups is 1. The second-order valence-corrected chi connectivity index (χ2v) is 8.42. The first-order valence-corrected chi connectivity index (χ1v) is 10.7. The summed E-state index contributed by atoms with van der Waals surface area (Å²) in [4.78, 5) is 29.6. The average Bonchev–Trinajstić information content (AvgIpc) is 3.25. The van der Waals surface area contributed by atoms with Crippen molar-refractivity contribution >= 4 is 32.5 Å². The van der Waals surface area contributed by atoms with Crippen molar-refractivity contribution in [3.8, 4) is 0 Å². The summed E-state index contributed by atoms with van der Waals surface area (Å²) in [6.07, 6.45) is 2.70. The van der Waals surface area contributed by atoms with Crippen molar-refractivity contribution < 1.29 is 17.6 Å². The third kappa shape index (κ3) is 4.33. The van der Waals surface area contributed by atoms with Crippen LogP contribution in [0.2, 0.25) is 0 Å². The van der Waals surface area contributed by atoms with Crippen molar-refractivity contribution in [3.05, 3.63) is 94.3 Å². The van der Waals surface area contributed by atoms with E-state index in [0.717, 1.165) is 23.9 Å². The van der Waals surface area contributed by atoms with Gasteiger partial charge in [-0.25, -0.2) is 12.8 Å². The summed E-state index contributed by atoms with van der Waals surface area (Å²) >= 11 is 0. The van der Waals surface area contributed by atoms with Gasteiger partial charge in [-0.15, -0.1) is 0 Å². The second-order valence-electron chi connectivity index (χ2n) is 6.74. The van der Waals surface area contributed by atoms with Gasteiger partial charge in [0.25, 0.3) is 15.9 Å². The summed E-state index contributed by atoms with van der Waals surface area (Å²) in [6, 6.07) is 13.1. The number of sulfonamides is 1. The monoisotopic (exact) mass is 440 g/mol. The number of nitrogens with one attached hydrogen (secondary N) is 4. The molecule has 2 heterocycles. The lowest BCUT2D eigenvalue weighted by molar-refractivity contribution is 0.0946. The molecule has 0 aliphatic carbocycles. The third-order valence-electron chi connectivity index (χ3n) is 4.61. The molecule has 0 saturated heterocycles. The van der Waals surface area contributed by atoms with Crippen molar-refractivity contribution in [2.45, 2.75) is 11.4 Å². The molecular formula is C21H17FN4O4S. The Morgan fingerprint density at radius 1 is 1.03 bits per heavy atom. The molecule has 4 aromatic rings. The predicted octanol–water partition coefficient (Wildman–Crippen LogP) is 2.73. The van der Waals surface area contributed by atoms with E-state index >= 15 is 0 Å². The molecule has 158 valence electrons. The zero-order valence-electron chi connectivity index (χ0n) is 16.0. The van der Waals surface area contributed by atoms with Crippen LogP contribution in [0, 0.1) is 5.82 Å². The standard InChI is InChI=1S/C21H17FN4O4S/c22-16-3-1-2-4-17(16)26-31(29,30)14-10-19(24-12-14)21(28)25-11-13-5-6-15-18(9-13)23-8-7-20(15)27/h1-10,12,24,26H,11H2,(H,23,27)(H,25,28). The number of rotatable bonds is 6. The first-order valence-electron chi connectivity index (χ1n) is 9.18. The first kappa shape index (κ1) is 20.4. The Balaban J connectivity index is 1.46. The van der Waals surface area contributed by atoms with Crippen LogP contribution in [0.1, 0.15) is 16.1 Å². The molecule has 0 aliphatic rings. The fourth-order valence-corrected chi connectivity index (χ4v) is 4.08. The lowest BCUT2D eigenvalue weighted by Crippen LogP contribution is -2.23. The lowest BCUT2D eigenvalue weighted by Gasteiger charge is -2.07. The minimum absolute atomic E-state index is 0.0307. The molecule has 0 saturated carbocycles. The topological polar surface area (TPSA) is 124 Å². The fraction of sp³-hybridized carbons (Fsp3) is 0.0476. The maximum Gasteiger partial charge on any atom is 0.268 e. The summed E-state index contributed by atoms with van der Waals surface area (Å²) in [6.45, 7) is 0.167. The Bertz CT molecular complexity index is 1440. The highest BCUT2D eigenvalue weighted by molar-refractivity contribution is 7.92. The maximum absolute atomic E-state index is 13.7. The van der Waals surface area contributed by atoms with Crippen molar-refractivity contribution in [1.29, 1.82) is 0 Å². The summed E-state index contributed by atoms with van der Waals surface area (Å²) in [7, 11) is -4.08. The number of anilines is 1. The molecule has 0 radical (unpaired) electrons. The summed E-state index contributed by atoms with van der Waals surface area (Å²) in [5, 5.41) is 3.22. The van der Waals surface area contributed by atoms with Crippen LogP contribution in [0.25, 0.3) is 10.9 Å². The zero-order chi connectivity index (χ0) is 22.0. The number of halogens is 1. The van der Waals surface area contributed by atoms with Crippen LogP contribution >= 0.6 is 0 Å². The largest absolute Gasteiger partial charge is 0.361 e. The van der Waals surface area contributed by atoms with E-state index in [1.54, 1.807) is 24.4 Å². The Kier molecular flexibility index (Phi) is 5.30. The van der Waals surface area contributed by atoms with Crippen LogP contribution in [-0.4, -0.2) is 24.3 Å². The number of pyridine rings is 1. The van der Waals surface area contributed by atoms with Crippen LogP contribution in [0.5, 0.6) is 0 Å². The minimum Gasteiger partial charge on any atom is -0.361 e. The number of fused-ring (bicyclic) bond motifs is 1. The van der Waals surface area contributed by atoms with Crippen LogP contribution in [0.4, 0.5) is 10.1 Å². The van der Waals surface area contributed by atoms with E-state index in [1.807, 2.05) is 0 Å². The van der Waals surface area contributed by atoms with Crippen LogP contribution in [-0.2, 0) is 16.6 Å². The number of amides is 1. The molecule has 2 aromatic carbocycles. The van der Waals surface area contributed by atoms with Gasteiger partial charge >= 0.3 is 0 Å². The lowest BCUT2D eigenvalue weighted by atomic mass is 10.1. The van der Waals surface area contributed by atoms with Gasteiger partial charge in [-0.1, -0.05) is 18.2 Å². The summed E-state index contributed by atoms with van der Waals surface area (Å²) < 4.78 is 40.8. The van der Waals surface area contributed by atoms with E-state index in [2.05, 4.69) is 20.0 Å². The number of carbonyl (C=O) groups excluding carboxylic acids is 1. The quantitative estimate of drug-likeness (QED) is 0.368. The highest BCUT2D eigenvalue weighted by Gasteiger charge is 2.20. The summed E-state index contributed by atoms with van der Waals surface area (Å²) in [5.74, 6) is -1.23. The fourth-order valence-electron chi connectivity index (χ4n) is 3.02. The van der Waals surface area contributed by atoms with Gasteiger partial charge in [-0.3, -0.25) is 14.3 Å². The van der Waals surface area contributed by atoms with Gasteiger partial charge in [0, 0.05) is 35.9 Å². The van der Waals surface area contributed by atoms with Crippen LogP contribution in [0.3, 0.4) is 0 Å². The number of aromatic amines is 2. The smallest absolute Gasteiger partial charge is 0.268 e. The van der Waals surface area contributed by atoms with Crippen molar-refractivity contribution in [2.24, 2.45) is 0 Å². The van der Waals surface area contributed by atoms with Gasteiger partial charge in [0.05, 0.1) is 5.69 Å². The van der Waals surface area contributed by atoms with E-state index in [0.29, 0.717) is 10.9 Å². The molecule has 4 N–H and O–H groups in total. The highest BCUT2D eigenvalue weighted by atomic mass is 32.2. The molecular weight excluding hydrogens is 423 g/mol. The molecule has 0 fully saturated rings. The zero-order valence-corrected chi connectivity index (χ0v) is 16.8. The Hall–Kier alpha value is -3.92. The first-order chi connectivity index (χ1) is 14.8. The van der Waals surface area contributed by atoms with Crippen molar-refractivity contribution in [2.75, 3.05) is 4.72 Å². The van der Waals surface area contributed by atoms with E-state index in [4.69, 9.17) is 0 Å². The van der Waals surface area contributed by atoms with Gasteiger partial charge in [0.15, 0.2) is 5.43 Å². The van der Waals surface area contributed by atoms with Gasteiger partial charge in [-0.05, 0) is 35.9 Å². The molecule has 10 heteroatoms. The van der Waals surface area contributed by atoms with Gasteiger partial charge < -0.3 is 15.3 Å². The van der Waals surface area contributed by atoms with Gasteiger partial charge in [0.1, 0.15) is 16.4 Å². The molecule has 4 rings (SSSR count). The molecule has 0 atom stereocenters. The molecule has 0 spiro atoms. The predicted molar refractivity (Wildman–Crippen MR) is 114 cm³/mol. The van der Waals surface area contributed by atoms with Crippen LogP contribution < -0.4 is 15.5 Å². The van der Waals surface area contributed by atoms with E-state index < -0.39 is 21.7 Å². The number of hydrogen-bond donors (Lipinski definition) is 4. The van der Waals surface area contributed by atoms with E-state index in [9.17, 15) is 22.4 Å². The number of para-hydroxylation sites is 1. The number of benzene rings is 2. The van der Waals surface area contributed by atoms with E-state index in [-0.39, 0.29) is 28.3 Å². The van der Waals surface area contributed by atoms with Crippen molar-refractivity contribution in [1.82, 2.24) is 15.3 Å². The molecule has 8 nitrogen and oxygen atoms in total. The molecule has 31 heavy (non-hydrogen) atoms. The Labute approximate surface area is 176 Å². The van der Waals surface area contributed by atoms with Crippen LogP contribution in [0.15, 0.2) is 76.7 Å². The number of H-pyrrole nitrogens is 2. The Morgan fingerprint density at radius 3 is 2.65 bits per heavy atom. The highest BCUT2D eigenvalue weighted by Crippen LogP contribution is 2.19. The minimum atomic E-state index is -4.08. The van der Waals surface area contributed by atoms with Gasteiger partial charge in [-0.2, -0.15) is 0 Å². The number of aromatic nitrogens is 2. The maximum atomic E-state index is 13.7.